The van der Waals surface area contributed by atoms with Gasteiger partial charge in [-0.05, 0) is 0 Å². The standard InChI is InChI=1S/C4H2FNO3/c5-9-4(7)3-1-6-2-8-3/h1-2H. The van der Waals surface area contributed by atoms with Gasteiger partial charge in [0, 0.05) is 4.53 Å². The molecular weight excluding hydrogens is 129 g/mol. The van der Waals surface area contributed by atoms with Crippen LogP contribution >= 0.6 is 0 Å². The van der Waals surface area contributed by atoms with Crippen LogP contribution in [0.5, 0.6) is 0 Å². The van der Waals surface area contributed by atoms with Crippen LogP contribution in [-0.4, -0.2) is 11.0 Å². The summed E-state index contributed by atoms with van der Waals surface area (Å²) in [6, 6.07) is 0. The van der Waals surface area contributed by atoms with Gasteiger partial charge in [-0.15, -0.1) is 0 Å². The van der Waals surface area contributed by atoms with Crippen molar-refractivity contribution in [2.75, 3.05) is 0 Å². The SMILES string of the molecule is O=C(OF)c1cnco1. The molecule has 4 nitrogen and oxygen atoms in total. The highest BCUT2D eigenvalue weighted by atomic mass is 19.3. The second-order valence-electron chi connectivity index (χ2n) is 1.23. The molecule has 0 saturated heterocycles. The van der Waals surface area contributed by atoms with E-state index in [-0.39, 0.29) is 5.76 Å². The number of carbonyl (C=O) groups is 1. The summed E-state index contributed by atoms with van der Waals surface area (Å²) in [5, 5.41) is 0. The molecule has 0 aliphatic heterocycles. The van der Waals surface area contributed by atoms with E-state index in [1.807, 2.05) is 0 Å². The summed E-state index contributed by atoms with van der Waals surface area (Å²) in [6.07, 6.45) is 2.06. The van der Waals surface area contributed by atoms with Crippen LogP contribution in [0.25, 0.3) is 0 Å². The first kappa shape index (κ1) is 5.74. The lowest BCUT2D eigenvalue weighted by molar-refractivity contribution is -0.0811. The second kappa shape index (κ2) is 2.25. The fraction of sp³-hybridized carbons (Fsp3) is 0. The quantitative estimate of drug-likeness (QED) is 0.563. The van der Waals surface area contributed by atoms with Crippen LogP contribution in [0.4, 0.5) is 4.53 Å². The fourth-order valence-electron chi connectivity index (χ4n) is 0.355. The van der Waals surface area contributed by atoms with Crippen LogP contribution < -0.4 is 0 Å². The first-order chi connectivity index (χ1) is 4.34. The Hall–Kier alpha value is -1.39. The summed E-state index contributed by atoms with van der Waals surface area (Å²) in [5.41, 5.74) is 0. The molecule has 1 aromatic rings. The van der Waals surface area contributed by atoms with E-state index >= 15 is 0 Å². The van der Waals surface area contributed by atoms with Crippen molar-refractivity contribution in [1.82, 2.24) is 4.98 Å². The molecule has 0 aliphatic rings. The van der Waals surface area contributed by atoms with Crippen molar-refractivity contribution >= 4 is 5.97 Å². The molecule has 0 aliphatic carbocycles. The zero-order valence-corrected chi connectivity index (χ0v) is 4.20. The molecule has 0 amide bonds. The molecule has 5 heteroatoms. The largest absolute Gasteiger partial charge is 0.436 e. The Balaban J connectivity index is 2.77. The van der Waals surface area contributed by atoms with E-state index in [0.717, 1.165) is 12.6 Å². The minimum absolute atomic E-state index is 0.252. The van der Waals surface area contributed by atoms with Crippen LogP contribution in [0.2, 0.25) is 0 Å². The third-order valence-corrected chi connectivity index (χ3v) is 0.704. The molecule has 0 fully saturated rings. The van der Waals surface area contributed by atoms with Crippen LogP contribution in [0.1, 0.15) is 10.6 Å². The van der Waals surface area contributed by atoms with Gasteiger partial charge in [-0.25, -0.2) is 14.7 Å². The maximum atomic E-state index is 11.0. The molecule has 0 saturated carbocycles. The van der Waals surface area contributed by atoms with Crippen molar-refractivity contribution < 1.29 is 18.7 Å². The second-order valence-corrected chi connectivity index (χ2v) is 1.23. The lowest BCUT2D eigenvalue weighted by atomic mass is 10.5. The number of oxazole rings is 1. The number of rotatable bonds is 1. The highest BCUT2D eigenvalue weighted by Gasteiger charge is 2.10. The van der Waals surface area contributed by atoms with Gasteiger partial charge >= 0.3 is 5.97 Å². The van der Waals surface area contributed by atoms with Crippen LogP contribution in [0.3, 0.4) is 0 Å². The molecule has 0 spiro atoms. The predicted molar refractivity (Wildman–Crippen MR) is 23.0 cm³/mol. The molecule has 48 valence electrons. The molecule has 1 rings (SSSR count). The molecule has 0 atom stereocenters. The van der Waals surface area contributed by atoms with E-state index in [0.29, 0.717) is 0 Å². The van der Waals surface area contributed by atoms with Crippen LogP contribution in [-0.2, 0) is 4.94 Å². The van der Waals surface area contributed by atoms with Gasteiger partial charge in [0.05, 0.1) is 6.20 Å². The van der Waals surface area contributed by atoms with Gasteiger partial charge in [0.1, 0.15) is 0 Å². The Morgan fingerprint density at radius 2 is 2.67 bits per heavy atom. The molecule has 0 unspecified atom stereocenters. The fourth-order valence-corrected chi connectivity index (χ4v) is 0.355. The molecule has 0 radical (unpaired) electrons. The zero-order chi connectivity index (χ0) is 6.69. The normalized spacial score (nSPS) is 9.00. The maximum Gasteiger partial charge on any atom is 0.416 e. The van der Waals surface area contributed by atoms with Gasteiger partial charge in [0.15, 0.2) is 6.39 Å². The van der Waals surface area contributed by atoms with E-state index in [1.165, 1.54) is 0 Å². The van der Waals surface area contributed by atoms with Gasteiger partial charge in [0.25, 0.3) is 0 Å². The van der Waals surface area contributed by atoms with Crippen molar-refractivity contribution in [2.45, 2.75) is 0 Å². The van der Waals surface area contributed by atoms with Crippen molar-refractivity contribution in [2.24, 2.45) is 0 Å². The highest BCUT2D eigenvalue weighted by Crippen LogP contribution is 1.98. The number of hydrogen-bond donors (Lipinski definition) is 0. The monoisotopic (exact) mass is 131 g/mol. The molecule has 1 heterocycles. The number of aromatic nitrogens is 1. The Bertz CT molecular complexity index is 196. The van der Waals surface area contributed by atoms with Crippen molar-refractivity contribution in [3.05, 3.63) is 18.4 Å². The summed E-state index contributed by atoms with van der Waals surface area (Å²) >= 11 is 0. The Morgan fingerprint density at radius 3 is 3.11 bits per heavy atom. The lowest BCUT2D eigenvalue weighted by Gasteiger charge is -1.82. The van der Waals surface area contributed by atoms with E-state index in [4.69, 9.17) is 0 Å². The Kier molecular flexibility index (Phi) is 1.44. The minimum Gasteiger partial charge on any atom is -0.436 e. The summed E-state index contributed by atoms with van der Waals surface area (Å²) in [5.74, 6) is -1.43. The Morgan fingerprint density at radius 1 is 1.89 bits per heavy atom. The molecule has 0 N–H and O–H groups in total. The molecule has 9 heavy (non-hydrogen) atoms. The molecule has 0 aromatic carbocycles. The first-order valence-electron chi connectivity index (χ1n) is 2.06. The average Bonchev–Trinajstić information content (AvgIpc) is 2.37. The topological polar surface area (TPSA) is 52.3 Å². The maximum absolute atomic E-state index is 11.0. The van der Waals surface area contributed by atoms with Gasteiger partial charge in [0.2, 0.25) is 5.76 Å². The van der Waals surface area contributed by atoms with Gasteiger partial charge in [-0.3, -0.25) is 0 Å². The number of halogens is 1. The van der Waals surface area contributed by atoms with Crippen molar-refractivity contribution in [3.63, 3.8) is 0 Å². The summed E-state index contributed by atoms with van der Waals surface area (Å²) in [4.78, 5) is 16.3. The van der Waals surface area contributed by atoms with Crippen LogP contribution in [0, 0.1) is 0 Å². The van der Waals surface area contributed by atoms with Gasteiger partial charge in [-0.1, -0.05) is 0 Å². The smallest absolute Gasteiger partial charge is 0.416 e. The lowest BCUT2D eigenvalue weighted by Crippen LogP contribution is -1.94. The van der Waals surface area contributed by atoms with Gasteiger partial charge in [-0.2, -0.15) is 0 Å². The third-order valence-electron chi connectivity index (χ3n) is 0.704. The summed E-state index contributed by atoms with van der Waals surface area (Å²) in [7, 11) is 0. The Labute approximate surface area is 49.2 Å². The first-order valence-corrected chi connectivity index (χ1v) is 2.06. The van der Waals surface area contributed by atoms with Crippen molar-refractivity contribution in [1.29, 1.82) is 0 Å². The van der Waals surface area contributed by atoms with Gasteiger partial charge < -0.3 is 4.42 Å². The third kappa shape index (κ3) is 1.04. The van der Waals surface area contributed by atoms with E-state index in [1.54, 1.807) is 0 Å². The number of hydrogen-bond acceptors (Lipinski definition) is 4. The number of nitrogens with zero attached hydrogens (tertiary/aromatic N) is 1. The number of carbonyl (C=O) groups excluding carboxylic acids is 1. The summed E-state index contributed by atoms with van der Waals surface area (Å²) in [6.45, 7) is 0. The summed E-state index contributed by atoms with van der Waals surface area (Å²) < 4.78 is 15.4. The van der Waals surface area contributed by atoms with E-state index in [9.17, 15) is 9.32 Å². The minimum atomic E-state index is -1.17. The zero-order valence-electron chi connectivity index (χ0n) is 4.20. The predicted octanol–water partition coefficient (Wildman–Crippen LogP) is 0.716. The molecular formula is C4H2FNO3. The van der Waals surface area contributed by atoms with E-state index < -0.39 is 5.97 Å². The molecule has 1 aromatic heterocycles. The average molecular weight is 131 g/mol. The molecule has 0 bridgehead atoms. The van der Waals surface area contributed by atoms with Crippen LogP contribution in [0.15, 0.2) is 17.0 Å². The van der Waals surface area contributed by atoms with E-state index in [2.05, 4.69) is 14.3 Å². The highest BCUT2D eigenvalue weighted by molar-refractivity contribution is 5.85. The van der Waals surface area contributed by atoms with Crippen molar-refractivity contribution in [3.8, 4) is 0 Å².